The van der Waals surface area contributed by atoms with Crippen LogP contribution in [0.25, 0.3) is 0 Å². The number of likely N-dealkylation sites (tertiary alicyclic amines) is 1. The molecule has 1 N–H and O–H groups in total. The van der Waals surface area contributed by atoms with Gasteiger partial charge in [0.2, 0.25) is 5.91 Å². The van der Waals surface area contributed by atoms with Crippen molar-refractivity contribution in [3.05, 3.63) is 24.3 Å². The molecule has 0 saturated carbocycles. The molecule has 1 aliphatic rings. The first-order valence-electron chi connectivity index (χ1n) is 6.28. The lowest BCUT2D eigenvalue weighted by molar-refractivity contribution is -0.127. The van der Waals surface area contributed by atoms with E-state index in [0.29, 0.717) is 10.6 Å². The molecule has 104 valence electrons. The van der Waals surface area contributed by atoms with Crippen molar-refractivity contribution in [2.45, 2.75) is 24.3 Å². The van der Waals surface area contributed by atoms with Crippen molar-refractivity contribution in [3.63, 3.8) is 0 Å². The summed E-state index contributed by atoms with van der Waals surface area (Å²) in [5.74, 6) is 0.116. The first kappa shape index (κ1) is 13.9. The maximum atomic E-state index is 11.8. The zero-order valence-corrected chi connectivity index (χ0v) is 11.9. The number of amides is 1. The summed E-state index contributed by atoms with van der Waals surface area (Å²) in [6.07, 6.45) is 0.736. The normalized spacial score (nSPS) is 19.8. The minimum Gasteiger partial charge on any atom is -0.374 e. The van der Waals surface area contributed by atoms with Crippen LogP contribution in [0.5, 0.6) is 0 Å². The molecule has 1 aliphatic heterocycles. The molecule has 5 nitrogen and oxygen atoms in total. The van der Waals surface area contributed by atoms with E-state index in [1.807, 2.05) is 0 Å². The standard InChI is InChI=1S/C13H18N2O3S/c1-3-19(17,18)11-6-4-5-10(9-11)14-12-7-8-15(2)13(12)16/h4-6,9,12,14H,3,7-8H2,1-2H3/t12-/m0/s1. The Labute approximate surface area is 113 Å². The Morgan fingerprint density at radius 2 is 2.16 bits per heavy atom. The number of hydrogen-bond acceptors (Lipinski definition) is 4. The lowest BCUT2D eigenvalue weighted by Crippen LogP contribution is -2.30. The van der Waals surface area contributed by atoms with Crippen LogP contribution in [0.1, 0.15) is 13.3 Å². The second-order valence-electron chi connectivity index (χ2n) is 4.68. The van der Waals surface area contributed by atoms with E-state index < -0.39 is 9.84 Å². The quantitative estimate of drug-likeness (QED) is 0.899. The molecule has 1 saturated heterocycles. The highest BCUT2D eigenvalue weighted by Gasteiger charge is 2.28. The maximum Gasteiger partial charge on any atom is 0.244 e. The molecule has 2 rings (SSSR count). The van der Waals surface area contributed by atoms with Crippen molar-refractivity contribution in [3.8, 4) is 0 Å². The summed E-state index contributed by atoms with van der Waals surface area (Å²) in [5, 5.41) is 3.10. The van der Waals surface area contributed by atoms with Gasteiger partial charge in [0.15, 0.2) is 9.84 Å². The van der Waals surface area contributed by atoms with Gasteiger partial charge in [-0.25, -0.2) is 8.42 Å². The van der Waals surface area contributed by atoms with Crippen LogP contribution in [0.2, 0.25) is 0 Å². The summed E-state index contributed by atoms with van der Waals surface area (Å²) < 4.78 is 23.6. The third-order valence-electron chi connectivity index (χ3n) is 3.34. The minimum atomic E-state index is -3.21. The number of hydrogen-bond donors (Lipinski definition) is 1. The van der Waals surface area contributed by atoms with Crippen LogP contribution in [-0.2, 0) is 14.6 Å². The molecule has 1 fully saturated rings. The Bertz CT molecular complexity index is 583. The van der Waals surface area contributed by atoms with E-state index in [1.165, 1.54) is 0 Å². The molecule has 0 aromatic heterocycles. The Kier molecular flexibility index (Phi) is 3.80. The smallest absolute Gasteiger partial charge is 0.244 e. The Hall–Kier alpha value is -1.56. The van der Waals surface area contributed by atoms with Gasteiger partial charge in [-0.1, -0.05) is 13.0 Å². The van der Waals surface area contributed by atoms with Crippen LogP contribution < -0.4 is 5.32 Å². The van der Waals surface area contributed by atoms with E-state index >= 15 is 0 Å². The third-order valence-corrected chi connectivity index (χ3v) is 5.07. The third kappa shape index (κ3) is 2.89. The van der Waals surface area contributed by atoms with Gasteiger partial charge in [0.25, 0.3) is 0 Å². The van der Waals surface area contributed by atoms with Gasteiger partial charge < -0.3 is 10.2 Å². The van der Waals surface area contributed by atoms with Gasteiger partial charge in [0.05, 0.1) is 10.6 Å². The molecular weight excluding hydrogens is 264 g/mol. The van der Waals surface area contributed by atoms with Gasteiger partial charge in [-0.2, -0.15) is 0 Å². The number of nitrogens with zero attached hydrogens (tertiary/aromatic N) is 1. The largest absolute Gasteiger partial charge is 0.374 e. The fraction of sp³-hybridized carbons (Fsp3) is 0.462. The topological polar surface area (TPSA) is 66.5 Å². The van der Waals surface area contributed by atoms with E-state index in [-0.39, 0.29) is 17.7 Å². The number of nitrogens with one attached hydrogen (secondary N) is 1. The number of rotatable bonds is 4. The average molecular weight is 282 g/mol. The predicted octanol–water partition coefficient (Wildman–Crippen LogP) is 1.12. The van der Waals surface area contributed by atoms with Crippen LogP contribution in [-0.4, -0.2) is 44.6 Å². The molecular formula is C13H18N2O3S. The zero-order chi connectivity index (χ0) is 14.0. The van der Waals surface area contributed by atoms with Crippen LogP contribution in [0, 0.1) is 0 Å². The lowest BCUT2D eigenvalue weighted by atomic mass is 10.2. The van der Waals surface area contributed by atoms with Crippen LogP contribution in [0.15, 0.2) is 29.2 Å². The molecule has 1 heterocycles. The molecule has 0 bridgehead atoms. The Morgan fingerprint density at radius 3 is 2.74 bits per heavy atom. The number of carbonyl (C=O) groups is 1. The summed E-state index contributed by atoms with van der Waals surface area (Å²) in [6.45, 7) is 2.34. The minimum absolute atomic E-state index is 0.0451. The second-order valence-corrected chi connectivity index (χ2v) is 6.95. The molecule has 19 heavy (non-hydrogen) atoms. The van der Waals surface area contributed by atoms with Crippen molar-refractivity contribution in [2.24, 2.45) is 0 Å². The van der Waals surface area contributed by atoms with Crippen molar-refractivity contribution in [2.75, 3.05) is 24.7 Å². The van der Waals surface area contributed by atoms with Gasteiger partial charge >= 0.3 is 0 Å². The summed E-state index contributed by atoms with van der Waals surface area (Å²) in [4.78, 5) is 13.8. The first-order valence-corrected chi connectivity index (χ1v) is 7.93. The predicted molar refractivity (Wildman–Crippen MR) is 73.8 cm³/mol. The second kappa shape index (κ2) is 5.21. The van der Waals surface area contributed by atoms with Crippen molar-refractivity contribution >= 4 is 21.4 Å². The van der Waals surface area contributed by atoms with E-state index in [0.717, 1.165) is 13.0 Å². The van der Waals surface area contributed by atoms with Gasteiger partial charge in [0.1, 0.15) is 6.04 Å². The average Bonchev–Trinajstić information content (AvgIpc) is 2.71. The van der Waals surface area contributed by atoms with Gasteiger partial charge in [0, 0.05) is 19.3 Å². The highest BCUT2D eigenvalue weighted by molar-refractivity contribution is 7.91. The molecule has 1 atom stereocenters. The monoisotopic (exact) mass is 282 g/mol. The van der Waals surface area contributed by atoms with Gasteiger partial charge in [-0.05, 0) is 24.6 Å². The molecule has 1 aromatic carbocycles. The molecule has 0 spiro atoms. The van der Waals surface area contributed by atoms with Crippen LogP contribution in [0.3, 0.4) is 0 Å². The van der Waals surface area contributed by atoms with Crippen molar-refractivity contribution < 1.29 is 13.2 Å². The van der Waals surface area contributed by atoms with Crippen LogP contribution >= 0.6 is 0 Å². The number of sulfone groups is 1. The number of anilines is 1. The molecule has 1 aromatic rings. The number of benzene rings is 1. The first-order chi connectivity index (χ1) is 8.94. The van der Waals surface area contributed by atoms with Crippen LogP contribution in [0.4, 0.5) is 5.69 Å². The van der Waals surface area contributed by atoms with E-state index in [4.69, 9.17) is 0 Å². The summed E-state index contributed by atoms with van der Waals surface area (Å²) in [5.41, 5.74) is 0.670. The van der Waals surface area contributed by atoms with Gasteiger partial charge in [-0.3, -0.25) is 4.79 Å². The highest BCUT2D eigenvalue weighted by atomic mass is 32.2. The Balaban J connectivity index is 2.19. The van der Waals surface area contributed by atoms with Gasteiger partial charge in [-0.15, -0.1) is 0 Å². The SMILES string of the molecule is CCS(=O)(=O)c1cccc(N[C@H]2CCN(C)C2=O)c1. The Morgan fingerprint density at radius 1 is 1.42 bits per heavy atom. The summed E-state index contributed by atoms with van der Waals surface area (Å²) >= 11 is 0. The fourth-order valence-electron chi connectivity index (χ4n) is 2.10. The lowest BCUT2D eigenvalue weighted by Gasteiger charge is -2.14. The summed E-state index contributed by atoms with van der Waals surface area (Å²) in [7, 11) is -1.45. The van der Waals surface area contributed by atoms with E-state index in [9.17, 15) is 13.2 Å². The number of carbonyl (C=O) groups excluding carboxylic acids is 1. The molecule has 0 radical (unpaired) electrons. The fourth-order valence-corrected chi connectivity index (χ4v) is 3.03. The van der Waals surface area contributed by atoms with E-state index in [2.05, 4.69) is 5.32 Å². The van der Waals surface area contributed by atoms with Crippen molar-refractivity contribution in [1.29, 1.82) is 0 Å². The van der Waals surface area contributed by atoms with E-state index in [1.54, 1.807) is 43.1 Å². The molecule has 0 aliphatic carbocycles. The summed E-state index contributed by atoms with van der Waals surface area (Å²) in [6, 6.07) is 6.37. The highest BCUT2D eigenvalue weighted by Crippen LogP contribution is 2.20. The molecule has 0 unspecified atom stereocenters. The zero-order valence-electron chi connectivity index (χ0n) is 11.1. The molecule has 6 heteroatoms. The number of likely N-dealkylation sites (N-methyl/N-ethyl adjacent to an activating group) is 1. The van der Waals surface area contributed by atoms with Crippen molar-refractivity contribution in [1.82, 2.24) is 4.90 Å². The molecule has 1 amide bonds. The maximum absolute atomic E-state index is 11.8.